The number of carbonyl (C=O) groups is 2. The van der Waals surface area contributed by atoms with Gasteiger partial charge in [-0.3, -0.25) is 9.59 Å². The van der Waals surface area contributed by atoms with Gasteiger partial charge in [0.1, 0.15) is 0 Å². The van der Waals surface area contributed by atoms with Gasteiger partial charge in [-0.05, 0) is 36.4 Å². The average Bonchev–Trinajstić information content (AvgIpc) is 3.12. The SMILES string of the molecule is O=C(Nc1ccccc1C(=O)NC1CCCCCCC1)c1cccs1. The lowest BCUT2D eigenvalue weighted by Gasteiger charge is -2.21. The Labute approximate surface area is 152 Å². The zero-order valence-corrected chi connectivity index (χ0v) is 15.1. The van der Waals surface area contributed by atoms with Crippen LogP contribution < -0.4 is 10.6 Å². The van der Waals surface area contributed by atoms with Crippen LogP contribution in [0.3, 0.4) is 0 Å². The van der Waals surface area contributed by atoms with Crippen LogP contribution >= 0.6 is 11.3 Å². The van der Waals surface area contributed by atoms with Crippen LogP contribution in [0, 0.1) is 0 Å². The Balaban J connectivity index is 1.68. The highest BCUT2D eigenvalue weighted by Gasteiger charge is 2.18. The molecule has 0 aliphatic heterocycles. The van der Waals surface area contributed by atoms with Crippen molar-refractivity contribution in [2.45, 2.75) is 51.0 Å². The summed E-state index contributed by atoms with van der Waals surface area (Å²) in [6.07, 6.45) is 8.21. The minimum Gasteiger partial charge on any atom is -0.349 e. The highest BCUT2D eigenvalue weighted by atomic mass is 32.1. The van der Waals surface area contributed by atoms with Crippen LogP contribution in [0.4, 0.5) is 5.69 Å². The van der Waals surface area contributed by atoms with Crippen molar-refractivity contribution in [1.82, 2.24) is 5.32 Å². The maximum absolute atomic E-state index is 12.7. The summed E-state index contributed by atoms with van der Waals surface area (Å²) in [6, 6.07) is 11.0. The standard InChI is InChI=1S/C20H24N2O2S/c23-19(21-15-9-4-2-1-3-5-10-15)16-11-6-7-12-17(16)22-20(24)18-13-8-14-25-18/h6-8,11-15H,1-5,9-10H2,(H,21,23)(H,22,24). The van der Waals surface area contributed by atoms with Gasteiger partial charge in [0.25, 0.3) is 11.8 Å². The highest BCUT2D eigenvalue weighted by Crippen LogP contribution is 2.20. The van der Waals surface area contributed by atoms with Crippen molar-refractivity contribution in [3.05, 3.63) is 52.2 Å². The predicted octanol–water partition coefficient (Wildman–Crippen LogP) is 4.84. The van der Waals surface area contributed by atoms with Crippen LogP contribution in [0.1, 0.15) is 65.0 Å². The van der Waals surface area contributed by atoms with Gasteiger partial charge in [0.15, 0.2) is 0 Å². The maximum atomic E-state index is 12.7. The van der Waals surface area contributed by atoms with Crippen molar-refractivity contribution in [3.63, 3.8) is 0 Å². The topological polar surface area (TPSA) is 58.2 Å². The van der Waals surface area contributed by atoms with E-state index in [1.54, 1.807) is 18.2 Å². The molecule has 1 aliphatic rings. The van der Waals surface area contributed by atoms with E-state index in [4.69, 9.17) is 0 Å². The van der Waals surface area contributed by atoms with E-state index in [1.165, 1.54) is 43.4 Å². The molecule has 1 aliphatic carbocycles. The maximum Gasteiger partial charge on any atom is 0.265 e. The van der Waals surface area contributed by atoms with Crippen molar-refractivity contribution in [3.8, 4) is 0 Å². The molecule has 5 heteroatoms. The normalized spacial score (nSPS) is 15.8. The van der Waals surface area contributed by atoms with E-state index in [0.29, 0.717) is 16.1 Å². The summed E-state index contributed by atoms with van der Waals surface area (Å²) >= 11 is 1.38. The van der Waals surface area contributed by atoms with Crippen LogP contribution in [-0.4, -0.2) is 17.9 Å². The summed E-state index contributed by atoms with van der Waals surface area (Å²) in [5.74, 6) is -0.283. The molecule has 2 aromatic rings. The van der Waals surface area contributed by atoms with Gasteiger partial charge in [0.05, 0.1) is 16.1 Å². The van der Waals surface area contributed by atoms with E-state index in [1.807, 2.05) is 23.6 Å². The van der Waals surface area contributed by atoms with E-state index in [-0.39, 0.29) is 17.9 Å². The summed E-state index contributed by atoms with van der Waals surface area (Å²) in [5.41, 5.74) is 1.08. The minimum atomic E-state index is -0.179. The van der Waals surface area contributed by atoms with Gasteiger partial charge < -0.3 is 10.6 Å². The van der Waals surface area contributed by atoms with Crippen molar-refractivity contribution in [2.75, 3.05) is 5.32 Å². The first kappa shape index (κ1) is 17.7. The molecular formula is C20H24N2O2S. The number of anilines is 1. The first-order valence-corrected chi connectivity index (χ1v) is 9.87. The summed E-state index contributed by atoms with van der Waals surface area (Å²) in [4.78, 5) is 25.7. The lowest BCUT2D eigenvalue weighted by Crippen LogP contribution is -2.35. The lowest BCUT2D eigenvalue weighted by atomic mass is 9.96. The van der Waals surface area contributed by atoms with Gasteiger partial charge in [0, 0.05) is 6.04 Å². The lowest BCUT2D eigenvalue weighted by molar-refractivity contribution is 0.0931. The molecule has 0 radical (unpaired) electrons. The largest absolute Gasteiger partial charge is 0.349 e. The molecule has 0 spiro atoms. The molecule has 1 heterocycles. The smallest absolute Gasteiger partial charge is 0.265 e. The second-order valence-electron chi connectivity index (χ2n) is 6.49. The Morgan fingerprint density at radius 3 is 2.32 bits per heavy atom. The Kier molecular flexibility index (Phi) is 6.23. The molecule has 25 heavy (non-hydrogen) atoms. The molecule has 1 saturated carbocycles. The Bertz CT molecular complexity index is 704. The third-order valence-corrected chi connectivity index (χ3v) is 5.47. The number of carbonyl (C=O) groups excluding carboxylic acids is 2. The van der Waals surface area contributed by atoms with Crippen LogP contribution in [0.25, 0.3) is 0 Å². The fraction of sp³-hybridized carbons (Fsp3) is 0.400. The fourth-order valence-corrected chi connectivity index (χ4v) is 3.86. The first-order chi connectivity index (χ1) is 12.2. The minimum absolute atomic E-state index is 0.104. The summed E-state index contributed by atoms with van der Waals surface area (Å²) < 4.78 is 0. The third-order valence-electron chi connectivity index (χ3n) is 4.61. The van der Waals surface area contributed by atoms with Crippen LogP contribution in [0.15, 0.2) is 41.8 Å². The summed E-state index contributed by atoms with van der Waals surface area (Å²) in [5, 5.41) is 7.89. The van der Waals surface area contributed by atoms with Crippen LogP contribution in [0.5, 0.6) is 0 Å². The number of rotatable bonds is 4. The van der Waals surface area contributed by atoms with Crippen molar-refractivity contribution >= 4 is 28.8 Å². The molecule has 0 atom stereocenters. The second-order valence-corrected chi connectivity index (χ2v) is 7.44. The molecule has 2 N–H and O–H groups in total. The first-order valence-electron chi connectivity index (χ1n) is 8.99. The van der Waals surface area contributed by atoms with Gasteiger partial charge in [-0.15, -0.1) is 11.3 Å². The number of para-hydroxylation sites is 1. The van der Waals surface area contributed by atoms with Gasteiger partial charge in [-0.25, -0.2) is 0 Å². The molecule has 1 fully saturated rings. The quantitative estimate of drug-likeness (QED) is 0.823. The Hall–Kier alpha value is -2.14. The number of benzene rings is 1. The van der Waals surface area contributed by atoms with Gasteiger partial charge in [0.2, 0.25) is 0 Å². The molecule has 0 unspecified atom stereocenters. The Morgan fingerprint density at radius 1 is 0.880 bits per heavy atom. The monoisotopic (exact) mass is 356 g/mol. The number of amides is 2. The molecule has 1 aromatic heterocycles. The Morgan fingerprint density at radius 2 is 1.60 bits per heavy atom. The number of hydrogen-bond donors (Lipinski definition) is 2. The molecule has 1 aromatic carbocycles. The van der Waals surface area contributed by atoms with E-state index in [0.717, 1.165) is 12.8 Å². The number of nitrogens with one attached hydrogen (secondary N) is 2. The van der Waals surface area contributed by atoms with E-state index >= 15 is 0 Å². The molecule has 3 rings (SSSR count). The molecule has 2 amide bonds. The molecule has 132 valence electrons. The highest BCUT2D eigenvalue weighted by molar-refractivity contribution is 7.12. The molecule has 0 bridgehead atoms. The summed E-state index contributed by atoms with van der Waals surface area (Å²) in [6.45, 7) is 0. The molecule has 4 nitrogen and oxygen atoms in total. The van der Waals surface area contributed by atoms with Crippen LogP contribution in [-0.2, 0) is 0 Å². The number of hydrogen-bond acceptors (Lipinski definition) is 3. The summed E-state index contributed by atoms with van der Waals surface area (Å²) in [7, 11) is 0. The zero-order valence-electron chi connectivity index (χ0n) is 14.3. The van der Waals surface area contributed by atoms with E-state index in [2.05, 4.69) is 10.6 Å². The fourth-order valence-electron chi connectivity index (χ4n) is 3.25. The molecular weight excluding hydrogens is 332 g/mol. The van der Waals surface area contributed by atoms with Crippen LogP contribution in [0.2, 0.25) is 0 Å². The third kappa shape index (κ3) is 4.92. The van der Waals surface area contributed by atoms with Crippen molar-refractivity contribution < 1.29 is 9.59 Å². The van der Waals surface area contributed by atoms with Gasteiger partial charge >= 0.3 is 0 Å². The second kappa shape index (κ2) is 8.81. The van der Waals surface area contributed by atoms with Gasteiger partial charge in [-0.1, -0.05) is 50.3 Å². The molecule has 0 saturated heterocycles. The predicted molar refractivity (Wildman–Crippen MR) is 102 cm³/mol. The van der Waals surface area contributed by atoms with Crippen molar-refractivity contribution in [2.24, 2.45) is 0 Å². The van der Waals surface area contributed by atoms with Crippen molar-refractivity contribution in [1.29, 1.82) is 0 Å². The average molecular weight is 356 g/mol. The number of thiophene rings is 1. The van der Waals surface area contributed by atoms with Gasteiger partial charge in [-0.2, -0.15) is 0 Å². The zero-order chi connectivity index (χ0) is 17.5. The van der Waals surface area contributed by atoms with E-state index < -0.39 is 0 Å². The van der Waals surface area contributed by atoms with E-state index in [9.17, 15) is 9.59 Å².